The summed E-state index contributed by atoms with van der Waals surface area (Å²) in [6, 6.07) is 11.5. The summed E-state index contributed by atoms with van der Waals surface area (Å²) in [6.07, 6.45) is 3.91. The van der Waals surface area contributed by atoms with Crippen LogP contribution in [0.1, 0.15) is 18.5 Å². The predicted octanol–water partition coefficient (Wildman–Crippen LogP) is 5.44. The quantitative estimate of drug-likeness (QED) is 0.346. The molecule has 1 fully saturated rings. The number of anilines is 2. The molecule has 2 N–H and O–H groups in total. The molecule has 0 aliphatic carbocycles. The van der Waals surface area contributed by atoms with Crippen LogP contribution in [0.15, 0.2) is 53.6 Å². The van der Waals surface area contributed by atoms with E-state index in [1.807, 2.05) is 41.8 Å². The highest BCUT2D eigenvalue weighted by Gasteiger charge is 2.16. The Labute approximate surface area is 201 Å². The average molecular weight is 482 g/mol. The highest BCUT2D eigenvalue weighted by Crippen LogP contribution is 2.34. The number of halogens is 1. The number of nitrogens with zero attached hydrogens (tertiary/aromatic N) is 3. The minimum atomic E-state index is 0.379. The first kappa shape index (κ1) is 21.9. The Balaban J connectivity index is 1.34. The summed E-state index contributed by atoms with van der Waals surface area (Å²) in [5, 5.41) is 10.1. The molecule has 1 saturated heterocycles. The van der Waals surface area contributed by atoms with Gasteiger partial charge in [0.1, 0.15) is 30.3 Å². The molecule has 4 aromatic rings. The fourth-order valence-electron chi connectivity index (χ4n) is 3.86. The number of piperidine rings is 1. The van der Waals surface area contributed by atoms with E-state index in [0.717, 1.165) is 41.1 Å². The van der Waals surface area contributed by atoms with Crippen LogP contribution in [0.5, 0.6) is 11.5 Å². The second kappa shape index (κ2) is 10.3. The third-order valence-electron chi connectivity index (χ3n) is 5.55. The molecule has 5 rings (SSSR count). The number of hydrogen-bond donors (Lipinski definition) is 2. The van der Waals surface area contributed by atoms with Crippen molar-refractivity contribution in [1.82, 2.24) is 20.3 Å². The molecule has 170 valence electrons. The van der Waals surface area contributed by atoms with E-state index in [4.69, 9.17) is 21.1 Å². The van der Waals surface area contributed by atoms with Crippen molar-refractivity contribution < 1.29 is 9.47 Å². The Hall–Kier alpha value is -2.94. The molecule has 2 aromatic carbocycles. The van der Waals surface area contributed by atoms with Crippen LogP contribution in [0.2, 0.25) is 5.02 Å². The molecule has 0 radical (unpaired) electrons. The van der Waals surface area contributed by atoms with Crippen molar-refractivity contribution in [3.8, 4) is 11.5 Å². The van der Waals surface area contributed by atoms with Gasteiger partial charge in [-0.05, 0) is 49.7 Å². The van der Waals surface area contributed by atoms with Crippen LogP contribution in [0.25, 0.3) is 10.9 Å². The molecule has 1 aliphatic rings. The molecule has 0 saturated carbocycles. The third kappa shape index (κ3) is 5.35. The molecular weight excluding hydrogens is 458 g/mol. The maximum Gasteiger partial charge on any atom is 0.145 e. The summed E-state index contributed by atoms with van der Waals surface area (Å²) in [5.74, 6) is 2.55. The highest BCUT2D eigenvalue weighted by molar-refractivity contribution is 7.07. The molecule has 1 atom stereocenters. The van der Waals surface area contributed by atoms with Crippen molar-refractivity contribution in [3.63, 3.8) is 0 Å². The number of aromatic nitrogens is 3. The van der Waals surface area contributed by atoms with E-state index in [0.29, 0.717) is 35.7 Å². The van der Waals surface area contributed by atoms with Crippen molar-refractivity contribution in [2.75, 3.05) is 25.0 Å². The van der Waals surface area contributed by atoms with Crippen LogP contribution in [-0.4, -0.2) is 34.6 Å². The van der Waals surface area contributed by atoms with Gasteiger partial charge < -0.3 is 20.1 Å². The Morgan fingerprint density at radius 3 is 2.91 bits per heavy atom. The Bertz CT molecular complexity index is 1210. The first-order valence-corrected chi connectivity index (χ1v) is 12.2. The molecular formula is C24H24ClN5O2S. The number of benzene rings is 2. The van der Waals surface area contributed by atoms with Gasteiger partial charge in [-0.3, -0.25) is 0 Å². The molecule has 0 bridgehead atoms. The van der Waals surface area contributed by atoms with Gasteiger partial charge in [0.05, 0.1) is 33.7 Å². The van der Waals surface area contributed by atoms with Crippen molar-refractivity contribution in [2.45, 2.75) is 19.4 Å². The Morgan fingerprint density at radius 2 is 2.09 bits per heavy atom. The molecule has 33 heavy (non-hydrogen) atoms. The van der Waals surface area contributed by atoms with Crippen molar-refractivity contribution in [2.24, 2.45) is 5.92 Å². The average Bonchev–Trinajstić information content (AvgIpc) is 3.37. The smallest absolute Gasteiger partial charge is 0.145 e. The third-order valence-corrected chi connectivity index (χ3v) is 6.48. The SMILES string of the molecule is Clc1cc(Nc2ncnc3cccc(OC[C@@H]4CCCNC4)c23)ccc1OCc1cscn1. The molecule has 1 aliphatic heterocycles. The van der Waals surface area contributed by atoms with Gasteiger partial charge in [0.25, 0.3) is 0 Å². The molecule has 9 heteroatoms. The lowest BCUT2D eigenvalue weighted by Crippen LogP contribution is -2.33. The van der Waals surface area contributed by atoms with Gasteiger partial charge in [0.2, 0.25) is 0 Å². The molecule has 2 aromatic heterocycles. The second-order valence-electron chi connectivity index (χ2n) is 7.93. The topological polar surface area (TPSA) is 81.2 Å². The summed E-state index contributed by atoms with van der Waals surface area (Å²) in [7, 11) is 0. The Kier molecular flexibility index (Phi) is 6.85. The number of rotatable bonds is 8. The summed E-state index contributed by atoms with van der Waals surface area (Å²) in [6.45, 7) is 3.12. The van der Waals surface area contributed by atoms with Crippen LogP contribution in [0.4, 0.5) is 11.5 Å². The zero-order valence-electron chi connectivity index (χ0n) is 18.0. The summed E-state index contributed by atoms with van der Waals surface area (Å²) in [4.78, 5) is 13.1. The van der Waals surface area contributed by atoms with Crippen molar-refractivity contribution >= 4 is 45.3 Å². The molecule has 0 spiro atoms. The maximum absolute atomic E-state index is 6.47. The lowest BCUT2D eigenvalue weighted by molar-refractivity contribution is 0.220. The maximum atomic E-state index is 6.47. The first-order chi connectivity index (χ1) is 16.3. The monoisotopic (exact) mass is 481 g/mol. The normalized spacial score (nSPS) is 16.0. The van der Waals surface area contributed by atoms with Crippen molar-refractivity contribution in [3.05, 3.63) is 64.3 Å². The largest absolute Gasteiger partial charge is 0.492 e. The van der Waals surface area contributed by atoms with Gasteiger partial charge in [-0.1, -0.05) is 17.7 Å². The summed E-state index contributed by atoms with van der Waals surface area (Å²) < 4.78 is 12.0. The van der Waals surface area contributed by atoms with Gasteiger partial charge in [0.15, 0.2) is 0 Å². The number of thiazole rings is 1. The van der Waals surface area contributed by atoms with Gasteiger partial charge in [-0.25, -0.2) is 15.0 Å². The van der Waals surface area contributed by atoms with E-state index in [2.05, 4.69) is 25.6 Å². The zero-order valence-corrected chi connectivity index (χ0v) is 19.5. The minimum absolute atomic E-state index is 0.379. The zero-order chi connectivity index (χ0) is 22.5. The van der Waals surface area contributed by atoms with E-state index in [-0.39, 0.29) is 0 Å². The number of hydrogen-bond acceptors (Lipinski definition) is 8. The standard InChI is InChI=1S/C24H24ClN5O2S/c25-19-9-17(6-7-21(19)32-12-18-13-33-15-29-18)30-24-23-20(27-14-28-24)4-1-5-22(23)31-11-16-3-2-8-26-10-16/h1,4-7,9,13-16,26H,2-3,8,10-12H2,(H,27,28,30)/t16-/m1/s1. The summed E-state index contributed by atoms with van der Waals surface area (Å²) >= 11 is 8.01. The molecule has 3 heterocycles. The highest BCUT2D eigenvalue weighted by atomic mass is 35.5. The van der Waals surface area contributed by atoms with Crippen LogP contribution in [0, 0.1) is 5.92 Å². The summed E-state index contributed by atoms with van der Waals surface area (Å²) in [5.41, 5.74) is 4.28. The number of fused-ring (bicyclic) bond motifs is 1. The van der Waals surface area contributed by atoms with Gasteiger partial charge >= 0.3 is 0 Å². The van der Waals surface area contributed by atoms with Gasteiger partial charge in [0, 0.05) is 23.5 Å². The van der Waals surface area contributed by atoms with E-state index in [1.165, 1.54) is 24.2 Å². The molecule has 0 amide bonds. The first-order valence-electron chi connectivity index (χ1n) is 10.9. The number of ether oxygens (including phenoxy) is 2. The van der Waals surface area contributed by atoms with E-state index < -0.39 is 0 Å². The fourth-order valence-corrected chi connectivity index (χ4v) is 4.64. The van der Waals surface area contributed by atoms with Crippen LogP contribution >= 0.6 is 22.9 Å². The Morgan fingerprint density at radius 1 is 1.12 bits per heavy atom. The second-order valence-corrected chi connectivity index (χ2v) is 9.06. The van der Waals surface area contributed by atoms with E-state index in [1.54, 1.807) is 11.8 Å². The lowest BCUT2D eigenvalue weighted by atomic mass is 10.0. The van der Waals surface area contributed by atoms with E-state index >= 15 is 0 Å². The molecule has 7 nitrogen and oxygen atoms in total. The number of nitrogens with one attached hydrogen (secondary N) is 2. The fraction of sp³-hybridized carbons (Fsp3) is 0.292. The predicted molar refractivity (Wildman–Crippen MR) is 132 cm³/mol. The lowest BCUT2D eigenvalue weighted by Gasteiger charge is -2.23. The molecule has 0 unspecified atom stereocenters. The van der Waals surface area contributed by atoms with E-state index in [9.17, 15) is 0 Å². The van der Waals surface area contributed by atoms with Crippen LogP contribution in [0.3, 0.4) is 0 Å². The van der Waals surface area contributed by atoms with Crippen LogP contribution in [-0.2, 0) is 6.61 Å². The van der Waals surface area contributed by atoms with Crippen molar-refractivity contribution in [1.29, 1.82) is 0 Å². The minimum Gasteiger partial charge on any atom is -0.492 e. The van der Waals surface area contributed by atoms with Gasteiger partial charge in [-0.15, -0.1) is 11.3 Å². The van der Waals surface area contributed by atoms with Crippen LogP contribution < -0.4 is 20.1 Å². The van der Waals surface area contributed by atoms with Gasteiger partial charge in [-0.2, -0.15) is 0 Å².